The number of hydrogen-bond acceptors (Lipinski definition) is 4. The third kappa shape index (κ3) is 2.25. The minimum absolute atomic E-state index is 0.108. The van der Waals surface area contributed by atoms with E-state index >= 15 is 0 Å². The van der Waals surface area contributed by atoms with Crippen molar-refractivity contribution in [2.45, 2.75) is 0 Å². The number of rotatable bonds is 1. The summed E-state index contributed by atoms with van der Waals surface area (Å²) < 4.78 is 53.3. The molecule has 0 atom stereocenters. The molecule has 100 valence electrons. The highest BCUT2D eigenvalue weighted by atomic mass is 32.2. The zero-order chi connectivity index (χ0) is 13.6. The van der Waals surface area contributed by atoms with E-state index in [9.17, 15) is 17.2 Å². The Morgan fingerprint density at radius 1 is 1.32 bits per heavy atom. The first kappa shape index (κ1) is 12.6. The van der Waals surface area contributed by atoms with E-state index in [0.29, 0.717) is 5.70 Å². The molecule has 2 aliphatic rings. The maximum Gasteiger partial charge on any atom is 0.257 e. The lowest BCUT2D eigenvalue weighted by atomic mass is 10.1. The number of amidine groups is 1. The summed E-state index contributed by atoms with van der Waals surface area (Å²) in [7, 11) is -3.44. The highest BCUT2D eigenvalue weighted by Gasteiger charge is 2.32. The molecule has 2 aliphatic heterocycles. The molecular formula is C11H8F2N2O2S2. The van der Waals surface area contributed by atoms with Crippen LogP contribution < -0.4 is 0 Å². The first-order valence-corrected chi connectivity index (χ1v) is 7.87. The van der Waals surface area contributed by atoms with Crippen LogP contribution in [0.4, 0.5) is 8.78 Å². The summed E-state index contributed by atoms with van der Waals surface area (Å²) in [5, 5.41) is 1.86. The molecule has 2 heterocycles. The Labute approximate surface area is 112 Å². The average molecular weight is 302 g/mol. The normalized spacial score (nSPS) is 20.8. The molecule has 3 rings (SSSR count). The minimum Gasteiger partial charge on any atom is -0.318 e. The molecule has 1 aromatic carbocycles. The molecule has 0 unspecified atom stereocenters. The van der Waals surface area contributed by atoms with Crippen molar-refractivity contribution in [2.75, 3.05) is 12.3 Å². The van der Waals surface area contributed by atoms with Crippen LogP contribution in [0.15, 0.2) is 28.0 Å². The SMILES string of the molecule is O=S1(=O)CCN2C(c3cc(F)ccc3F)=CSC2=N1. The number of thioether (sulfide) groups is 1. The van der Waals surface area contributed by atoms with Crippen LogP contribution in [0.5, 0.6) is 0 Å². The minimum atomic E-state index is -3.44. The van der Waals surface area contributed by atoms with Crippen LogP contribution in [0.25, 0.3) is 5.70 Å². The maximum atomic E-state index is 13.7. The van der Waals surface area contributed by atoms with Crippen LogP contribution in [0.3, 0.4) is 0 Å². The molecule has 0 saturated carbocycles. The van der Waals surface area contributed by atoms with E-state index in [1.165, 1.54) is 0 Å². The summed E-state index contributed by atoms with van der Waals surface area (Å²) in [5.41, 5.74) is 0.549. The van der Waals surface area contributed by atoms with E-state index in [1.807, 2.05) is 0 Å². The van der Waals surface area contributed by atoms with Crippen LogP contribution in [-0.4, -0.2) is 30.8 Å². The van der Waals surface area contributed by atoms with Gasteiger partial charge in [0, 0.05) is 17.5 Å². The maximum absolute atomic E-state index is 13.7. The molecule has 0 saturated heterocycles. The van der Waals surface area contributed by atoms with Gasteiger partial charge in [-0.2, -0.15) is 0 Å². The molecule has 1 aromatic rings. The average Bonchev–Trinajstić information content (AvgIpc) is 2.73. The van der Waals surface area contributed by atoms with Crippen LogP contribution in [0, 0.1) is 11.6 Å². The van der Waals surface area contributed by atoms with Gasteiger partial charge in [-0.25, -0.2) is 17.2 Å². The van der Waals surface area contributed by atoms with Gasteiger partial charge < -0.3 is 4.90 Å². The van der Waals surface area contributed by atoms with Crippen molar-refractivity contribution < 1.29 is 17.2 Å². The summed E-state index contributed by atoms with van der Waals surface area (Å²) >= 11 is 1.09. The van der Waals surface area contributed by atoms with Crippen molar-refractivity contribution in [1.29, 1.82) is 0 Å². The Morgan fingerprint density at radius 3 is 2.89 bits per heavy atom. The number of fused-ring (bicyclic) bond motifs is 1. The zero-order valence-electron chi connectivity index (χ0n) is 9.51. The summed E-state index contributed by atoms with van der Waals surface area (Å²) in [5.74, 6) is -1.23. The molecule has 19 heavy (non-hydrogen) atoms. The zero-order valence-corrected chi connectivity index (χ0v) is 11.1. The van der Waals surface area contributed by atoms with Crippen molar-refractivity contribution >= 4 is 32.6 Å². The molecule has 0 bridgehead atoms. The molecule has 0 fully saturated rings. The summed E-state index contributed by atoms with van der Waals surface area (Å²) in [6.45, 7) is 0.190. The smallest absolute Gasteiger partial charge is 0.257 e. The summed E-state index contributed by atoms with van der Waals surface area (Å²) in [6.07, 6.45) is 0. The topological polar surface area (TPSA) is 49.7 Å². The molecular weight excluding hydrogens is 294 g/mol. The highest BCUT2D eigenvalue weighted by Crippen LogP contribution is 2.36. The van der Waals surface area contributed by atoms with Gasteiger partial charge in [-0.3, -0.25) is 0 Å². The van der Waals surface area contributed by atoms with Crippen LogP contribution in [0.2, 0.25) is 0 Å². The van der Waals surface area contributed by atoms with Crippen LogP contribution in [-0.2, 0) is 10.0 Å². The quantitative estimate of drug-likeness (QED) is 0.796. The van der Waals surface area contributed by atoms with Crippen molar-refractivity contribution in [3.63, 3.8) is 0 Å². The fraction of sp³-hybridized carbons (Fsp3) is 0.182. The Balaban J connectivity index is 2.03. The highest BCUT2D eigenvalue weighted by molar-refractivity contribution is 8.17. The molecule has 0 aromatic heterocycles. The second-order valence-electron chi connectivity index (χ2n) is 4.06. The van der Waals surface area contributed by atoms with Gasteiger partial charge in [-0.05, 0) is 18.2 Å². The van der Waals surface area contributed by atoms with Crippen molar-refractivity contribution in [3.8, 4) is 0 Å². The number of sulfonamides is 1. The van der Waals surface area contributed by atoms with Gasteiger partial charge >= 0.3 is 0 Å². The molecule has 0 aliphatic carbocycles. The lowest BCUT2D eigenvalue weighted by Crippen LogP contribution is -2.34. The summed E-state index contributed by atoms with van der Waals surface area (Å²) in [6, 6.07) is 3.18. The second-order valence-corrected chi connectivity index (χ2v) is 6.65. The van der Waals surface area contributed by atoms with Gasteiger partial charge in [0.25, 0.3) is 10.0 Å². The largest absolute Gasteiger partial charge is 0.318 e. The van der Waals surface area contributed by atoms with Gasteiger partial charge in [-0.15, -0.1) is 4.40 Å². The van der Waals surface area contributed by atoms with Crippen molar-refractivity contribution in [1.82, 2.24) is 4.90 Å². The van der Waals surface area contributed by atoms with Crippen LogP contribution >= 0.6 is 11.8 Å². The Hall–Kier alpha value is -1.41. The van der Waals surface area contributed by atoms with Gasteiger partial charge in [0.05, 0.1) is 11.4 Å². The van der Waals surface area contributed by atoms with Gasteiger partial charge in [-0.1, -0.05) is 11.8 Å². The molecule has 0 amide bonds. The Morgan fingerprint density at radius 2 is 2.11 bits per heavy atom. The van der Waals surface area contributed by atoms with Crippen LogP contribution in [0.1, 0.15) is 5.56 Å². The van der Waals surface area contributed by atoms with E-state index in [2.05, 4.69) is 4.40 Å². The fourth-order valence-electron chi connectivity index (χ4n) is 1.90. The fourth-order valence-corrected chi connectivity index (χ4v) is 4.04. The Kier molecular flexibility index (Phi) is 2.86. The Bertz CT molecular complexity index is 713. The van der Waals surface area contributed by atoms with E-state index < -0.39 is 21.7 Å². The molecule has 0 spiro atoms. The monoisotopic (exact) mass is 302 g/mol. The lowest BCUT2D eigenvalue weighted by molar-refractivity contribution is 0.559. The van der Waals surface area contributed by atoms with Gasteiger partial charge in [0.2, 0.25) is 0 Å². The summed E-state index contributed by atoms with van der Waals surface area (Å²) in [4.78, 5) is 1.59. The first-order chi connectivity index (χ1) is 8.96. The molecule has 8 heteroatoms. The molecule has 0 N–H and O–H groups in total. The van der Waals surface area contributed by atoms with E-state index in [4.69, 9.17) is 0 Å². The van der Waals surface area contributed by atoms with Crippen molar-refractivity contribution in [3.05, 3.63) is 40.8 Å². The number of hydrogen-bond donors (Lipinski definition) is 0. The van der Waals surface area contributed by atoms with Gasteiger partial charge in [0.15, 0.2) is 5.17 Å². The third-order valence-corrected chi connectivity index (χ3v) is 4.92. The number of nitrogens with zero attached hydrogens (tertiary/aromatic N) is 2. The lowest BCUT2D eigenvalue weighted by Gasteiger charge is -2.25. The predicted octanol–water partition coefficient (Wildman–Crippen LogP) is 2.01. The van der Waals surface area contributed by atoms with E-state index in [1.54, 1.807) is 10.3 Å². The number of halogens is 2. The standard InChI is InChI=1S/C11H8F2N2O2S2/c12-7-1-2-9(13)8(5-7)10-6-18-11-14-19(16,17)4-3-15(10)11/h1-2,5-6H,3-4H2. The first-order valence-electron chi connectivity index (χ1n) is 5.39. The van der Waals surface area contributed by atoms with Gasteiger partial charge in [0.1, 0.15) is 11.6 Å². The number of benzene rings is 1. The third-order valence-electron chi connectivity index (χ3n) is 2.79. The molecule has 0 radical (unpaired) electrons. The molecule has 4 nitrogen and oxygen atoms in total. The van der Waals surface area contributed by atoms with Crippen molar-refractivity contribution in [2.24, 2.45) is 4.40 Å². The van der Waals surface area contributed by atoms with E-state index in [0.717, 1.165) is 30.0 Å². The van der Waals surface area contributed by atoms with E-state index in [-0.39, 0.29) is 23.0 Å². The predicted molar refractivity (Wildman–Crippen MR) is 69.9 cm³/mol. The second kappa shape index (κ2) is 4.31.